The maximum Gasteiger partial charge on any atom is 0.317 e. The van der Waals surface area contributed by atoms with Gasteiger partial charge in [0, 0.05) is 45.1 Å². The number of para-hydroxylation sites is 2. The van der Waals surface area contributed by atoms with Crippen LogP contribution < -0.4 is 10.9 Å². The van der Waals surface area contributed by atoms with Gasteiger partial charge in [-0.25, -0.2) is 9.78 Å². The van der Waals surface area contributed by atoms with E-state index in [9.17, 15) is 14.4 Å². The number of piperazine rings is 1. The van der Waals surface area contributed by atoms with Gasteiger partial charge in [0.1, 0.15) is 5.69 Å². The number of hydrogen-bond acceptors (Lipinski definition) is 4. The van der Waals surface area contributed by atoms with E-state index < -0.39 is 0 Å². The van der Waals surface area contributed by atoms with Crippen LogP contribution in [0.15, 0.2) is 29.1 Å². The van der Waals surface area contributed by atoms with E-state index in [0.717, 1.165) is 0 Å². The van der Waals surface area contributed by atoms with Gasteiger partial charge >= 0.3 is 6.03 Å². The molecule has 3 amide bonds. The van der Waals surface area contributed by atoms with Gasteiger partial charge < -0.3 is 20.1 Å². The van der Waals surface area contributed by atoms with Crippen LogP contribution in [0.1, 0.15) is 26.0 Å². The number of benzene rings is 1. The Bertz CT molecular complexity index is 884. The molecule has 8 nitrogen and oxygen atoms in total. The van der Waals surface area contributed by atoms with Crippen LogP contribution in [-0.2, 0) is 11.2 Å². The van der Waals surface area contributed by atoms with Gasteiger partial charge in [-0.15, -0.1) is 0 Å². The monoisotopic (exact) mass is 371 g/mol. The van der Waals surface area contributed by atoms with Crippen LogP contribution in [0.25, 0.3) is 11.0 Å². The maximum absolute atomic E-state index is 12.5. The molecule has 0 saturated carbocycles. The minimum absolute atomic E-state index is 0.0201. The molecule has 1 aliphatic heterocycles. The van der Waals surface area contributed by atoms with Crippen molar-refractivity contribution in [3.63, 3.8) is 0 Å². The predicted molar refractivity (Wildman–Crippen MR) is 103 cm³/mol. The molecule has 8 heteroatoms. The first kappa shape index (κ1) is 18.9. The Labute approximate surface area is 157 Å². The zero-order valence-electron chi connectivity index (χ0n) is 15.7. The third-order valence-corrected chi connectivity index (χ3v) is 4.58. The van der Waals surface area contributed by atoms with Gasteiger partial charge in [-0.3, -0.25) is 9.59 Å². The molecule has 2 aromatic rings. The summed E-state index contributed by atoms with van der Waals surface area (Å²) < 4.78 is 0. The standard InChI is InChI=1S/C19H25N5O3/c1-13(2)20-19(27)24-11-9-23(10-12-24)17(25)8-7-16-18(26)22-15-6-4-3-5-14(15)21-16/h3-6,13H,7-12H2,1-2H3,(H,20,27)(H,22,26). The average molecular weight is 371 g/mol. The number of aromatic amines is 1. The van der Waals surface area contributed by atoms with Gasteiger partial charge in [0.05, 0.1) is 11.0 Å². The molecule has 144 valence electrons. The van der Waals surface area contributed by atoms with Gasteiger partial charge in [-0.2, -0.15) is 0 Å². The molecule has 2 heterocycles. The highest BCUT2D eigenvalue weighted by Crippen LogP contribution is 2.09. The molecule has 0 aliphatic carbocycles. The number of nitrogens with zero attached hydrogens (tertiary/aromatic N) is 3. The summed E-state index contributed by atoms with van der Waals surface area (Å²) in [4.78, 5) is 47.3. The number of amides is 3. The molecule has 1 aromatic carbocycles. The molecule has 0 atom stereocenters. The highest BCUT2D eigenvalue weighted by molar-refractivity contribution is 5.78. The van der Waals surface area contributed by atoms with Crippen LogP contribution in [0.2, 0.25) is 0 Å². The Morgan fingerprint density at radius 2 is 1.81 bits per heavy atom. The van der Waals surface area contributed by atoms with Crippen LogP contribution in [0.5, 0.6) is 0 Å². The Morgan fingerprint density at radius 1 is 1.15 bits per heavy atom. The summed E-state index contributed by atoms with van der Waals surface area (Å²) in [5, 5.41) is 2.86. The fourth-order valence-electron chi connectivity index (χ4n) is 3.12. The number of carbonyl (C=O) groups is 2. The third kappa shape index (κ3) is 4.64. The van der Waals surface area contributed by atoms with Crippen molar-refractivity contribution >= 4 is 23.0 Å². The smallest absolute Gasteiger partial charge is 0.317 e. The predicted octanol–water partition coefficient (Wildman–Crippen LogP) is 1.12. The number of nitrogens with one attached hydrogen (secondary N) is 2. The van der Waals surface area contributed by atoms with Crippen molar-refractivity contribution in [2.75, 3.05) is 26.2 Å². The molecule has 0 spiro atoms. The molecule has 0 unspecified atom stereocenters. The Balaban J connectivity index is 1.54. The van der Waals surface area contributed by atoms with Gasteiger partial charge in [0.2, 0.25) is 5.91 Å². The summed E-state index contributed by atoms with van der Waals surface area (Å²) in [7, 11) is 0. The van der Waals surface area contributed by atoms with Crippen LogP contribution >= 0.6 is 0 Å². The summed E-state index contributed by atoms with van der Waals surface area (Å²) in [6.45, 7) is 5.87. The van der Waals surface area contributed by atoms with E-state index in [2.05, 4.69) is 15.3 Å². The lowest BCUT2D eigenvalue weighted by molar-refractivity contribution is -0.132. The number of carbonyl (C=O) groups excluding carboxylic acids is 2. The van der Waals surface area contributed by atoms with Crippen molar-refractivity contribution in [2.24, 2.45) is 0 Å². The van der Waals surface area contributed by atoms with Crippen LogP contribution in [0.3, 0.4) is 0 Å². The summed E-state index contributed by atoms with van der Waals surface area (Å²) in [5.74, 6) is -0.0201. The molecular weight excluding hydrogens is 346 g/mol. The third-order valence-electron chi connectivity index (χ3n) is 4.58. The van der Waals surface area contributed by atoms with Crippen LogP contribution in [0, 0.1) is 0 Å². The second-order valence-electron chi connectivity index (χ2n) is 7.00. The Kier molecular flexibility index (Phi) is 5.73. The SMILES string of the molecule is CC(C)NC(=O)N1CCN(C(=O)CCc2nc3ccccc3[nH]c2=O)CC1. The maximum atomic E-state index is 12.5. The number of hydrogen-bond donors (Lipinski definition) is 2. The van der Waals surface area contributed by atoms with E-state index in [1.807, 2.05) is 32.0 Å². The highest BCUT2D eigenvalue weighted by Gasteiger charge is 2.24. The summed E-state index contributed by atoms with van der Waals surface area (Å²) in [6, 6.07) is 7.32. The summed E-state index contributed by atoms with van der Waals surface area (Å²) in [6.07, 6.45) is 0.527. The lowest BCUT2D eigenvalue weighted by Crippen LogP contribution is -2.54. The van der Waals surface area contributed by atoms with Gasteiger partial charge in [-0.05, 0) is 26.0 Å². The van der Waals surface area contributed by atoms with Gasteiger partial charge in [-0.1, -0.05) is 12.1 Å². The Hall–Kier alpha value is -2.90. The lowest BCUT2D eigenvalue weighted by Gasteiger charge is -2.35. The number of H-pyrrole nitrogens is 1. The van der Waals surface area contributed by atoms with Crippen molar-refractivity contribution in [3.8, 4) is 0 Å². The second-order valence-corrected chi connectivity index (χ2v) is 7.00. The molecule has 3 rings (SSSR count). The zero-order valence-corrected chi connectivity index (χ0v) is 15.7. The van der Waals surface area contributed by atoms with E-state index in [-0.39, 0.29) is 30.0 Å². The molecule has 27 heavy (non-hydrogen) atoms. The van der Waals surface area contributed by atoms with E-state index in [1.54, 1.807) is 15.9 Å². The van der Waals surface area contributed by atoms with E-state index in [0.29, 0.717) is 49.3 Å². The number of rotatable bonds is 4. The van der Waals surface area contributed by atoms with Crippen molar-refractivity contribution in [1.82, 2.24) is 25.1 Å². The normalized spacial score (nSPS) is 14.6. The Morgan fingerprint density at radius 3 is 2.52 bits per heavy atom. The molecule has 1 aliphatic rings. The summed E-state index contributed by atoms with van der Waals surface area (Å²) >= 11 is 0. The molecule has 2 N–H and O–H groups in total. The first-order valence-electron chi connectivity index (χ1n) is 9.25. The van der Waals surface area contributed by atoms with E-state index in [1.165, 1.54) is 0 Å². The van der Waals surface area contributed by atoms with Gasteiger partial charge in [0.15, 0.2) is 0 Å². The van der Waals surface area contributed by atoms with Crippen molar-refractivity contribution in [3.05, 3.63) is 40.3 Å². The lowest BCUT2D eigenvalue weighted by atomic mass is 10.2. The summed E-state index contributed by atoms with van der Waals surface area (Å²) in [5.41, 5.74) is 1.52. The topological polar surface area (TPSA) is 98.4 Å². The molecule has 1 aromatic heterocycles. The van der Waals surface area contributed by atoms with Crippen LogP contribution in [-0.4, -0.2) is 63.9 Å². The van der Waals surface area contributed by atoms with Crippen molar-refractivity contribution in [1.29, 1.82) is 0 Å². The fourth-order valence-corrected chi connectivity index (χ4v) is 3.12. The first-order chi connectivity index (χ1) is 12.9. The average Bonchev–Trinajstić information content (AvgIpc) is 2.65. The molecule has 1 saturated heterocycles. The van der Waals surface area contributed by atoms with E-state index in [4.69, 9.17) is 0 Å². The molecular formula is C19H25N5O3. The quantitative estimate of drug-likeness (QED) is 0.841. The zero-order chi connectivity index (χ0) is 19.4. The number of aryl methyl sites for hydroxylation is 1. The minimum atomic E-state index is -0.253. The van der Waals surface area contributed by atoms with Crippen LogP contribution in [0.4, 0.5) is 4.79 Å². The molecule has 0 bridgehead atoms. The minimum Gasteiger partial charge on any atom is -0.339 e. The molecule has 1 fully saturated rings. The van der Waals surface area contributed by atoms with Crippen molar-refractivity contribution < 1.29 is 9.59 Å². The number of fused-ring (bicyclic) bond motifs is 1. The largest absolute Gasteiger partial charge is 0.339 e. The van der Waals surface area contributed by atoms with E-state index >= 15 is 0 Å². The second kappa shape index (κ2) is 8.20. The van der Waals surface area contributed by atoms with Gasteiger partial charge in [0.25, 0.3) is 5.56 Å². The number of urea groups is 1. The first-order valence-corrected chi connectivity index (χ1v) is 9.25. The number of aromatic nitrogens is 2. The fraction of sp³-hybridized carbons (Fsp3) is 0.474. The van der Waals surface area contributed by atoms with Crippen molar-refractivity contribution in [2.45, 2.75) is 32.7 Å². The molecule has 0 radical (unpaired) electrons. The highest BCUT2D eigenvalue weighted by atomic mass is 16.2.